The molecule has 0 aliphatic carbocycles. The molecule has 0 bridgehead atoms. The average molecular weight is 445 g/mol. The molecule has 0 spiro atoms. The lowest BCUT2D eigenvalue weighted by Crippen LogP contribution is -2.18. The van der Waals surface area contributed by atoms with Crippen LogP contribution in [0.2, 0.25) is 0 Å². The molecule has 3 aromatic rings. The fraction of sp³-hybridized carbons (Fsp3) is 0.273. The van der Waals surface area contributed by atoms with E-state index >= 15 is 0 Å². The maximum absolute atomic E-state index is 12.8. The number of nitrogens with one attached hydrogen (secondary N) is 1. The van der Waals surface area contributed by atoms with E-state index in [2.05, 4.69) is 14.5 Å². The molecule has 0 atom stereocenters. The zero-order chi connectivity index (χ0) is 22.4. The number of carbonyl (C=O) groups is 1. The molecule has 9 heteroatoms. The van der Waals surface area contributed by atoms with Crippen LogP contribution in [0.5, 0.6) is 5.75 Å². The van der Waals surface area contributed by atoms with E-state index in [1.807, 2.05) is 37.3 Å². The number of ether oxygens (including phenoxy) is 2. The van der Waals surface area contributed by atoms with Gasteiger partial charge in [-0.05, 0) is 31.5 Å². The topological polar surface area (TPSA) is 104 Å². The Balaban J connectivity index is 1.98. The summed E-state index contributed by atoms with van der Waals surface area (Å²) >= 11 is 0. The van der Waals surface area contributed by atoms with Crippen molar-refractivity contribution in [3.63, 3.8) is 0 Å². The zero-order valence-corrected chi connectivity index (χ0v) is 18.4. The smallest absolute Gasteiger partial charge is 0.341 e. The van der Waals surface area contributed by atoms with E-state index in [0.717, 1.165) is 11.3 Å². The van der Waals surface area contributed by atoms with Crippen LogP contribution < -0.4 is 10.1 Å². The van der Waals surface area contributed by atoms with E-state index in [1.54, 1.807) is 26.2 Å². The molecule has 8 nitrogen and oxygen atoms in total. The molecule has 0 unspecified atom stereocenters. The standard InChI is InChI=1S/C22H24N2O6S/c1-4-30-31(26,27)13-12-29-22(25)17-14-23-21-16(9-7-11-19(21)28-3)20(17)24-18-10-6-5-8-15(18)2/h5-11,14H,4,12-13H2,1-3H3,(H,23,24). The number of fused-ring (bicyclic) bond motifs is 1. The van der Waals surface area contributed by atoms with E-state index in [9.17, 15) is 13.2 Å². The molecule has 3 rings (SSSR count). The molecule has 1 heterocycles. The lowest BCUT2D eigenvalue weighted by atomic mass is 10.1. The van der Waals surface area contributed by atoms with Gasteiger partial charge in [0.2, 0.25) is 0 Å². The van der Waals surface area contributed by atoms with Crippen molar-refractivity contribution in [2.24, 2.45) is 0 Å². The number of carbonyl (C=O) groups excluding carboxylic acids is 1. The minimum atomic E-state index is -3.74. The van der Waals surface area contributed by atoms with Gasteiger partial charge in [-0.2, -0.15) is 8.42 Å². The molecule has 0 saturated carbocycles. The Hall–Kier alpha value is -3.17. The molecule has 0 aliphatic rings. The highest BCUT2D eigenvalue weighted by molar-refractivity contribution is 7.86. The summed E-state index contributed by atoms with van der Waals surface area (Å²) < 4.78 is 38.6. The van der Waals surface area contributed by atoms with Crippen LogP contribution in [0, 0.1) is 6.92 Å². The molecule has 0 fully saturated rings. The summed E-state index contributed by atoms with van der Waals surface area (Å²) in [7, 11) is -2.19. The monoisotopic (exact) mass is 444 g/mol. The normalized spacial score (nSPS) is 11.3. The minimum Gasteiger partial charge on any atom is -0.494 e. The molecule has 0 amide bonds. The second-order valence-electron chi connectivity index (χ2n) is 6.65. The maximum atomic E-state index is 12.8. The van der Waals surface area contributed by atoms with Crippen LogP contribution in [0.25, 0.3) is 10.9 Å². The number of para-hydroxylation sites is 2. The van der Waals surface area contributed by atoms with Gasteiger partial charge in [-0.15, -0.1) is 0 Å². The average Bonchev–Trinajstić information content (AvgIpc) is 2.74. The van der Waals surface area contributed by atoms with E-state index in [4.69, 9.17) is 9.47 Å². The summed E-state index contributed by atoms with van der Waals surface area (Å²) in [5.74, 6) is -0.560. The molecule has 0 saturated heterocycles. The van der Waals surface area contributed by atoms with Crippen LogP contribution in [0.3, 0.4) is 0 Å². The molecular weight excluding hydrogens is 420 g/mol. The summed E-state index contributed by atoms with van der Waals surface area (Å²) in [5.41, 5.74) is 3.05. The maximum Gasteiger partial charge on any atom is 0.341 e. The quantitative estimate of drug-likeness (QED) is 0.392. The first-order valence-electron chi connectivity index (χ1n) is 9.69. The van der Waals surface area contributed by atoms with Gasteiger partial charge in [0.15, 0.2) is 0 Å². The Bertz CT molecular complexity index is 1190. The first-order chi connectivity index (χ1) is 14.9. The van der Waals surface area contributed by atoms with Gasteiger partial charge >= 0.3 is 5.97 Å². The molecule has 2 aromatic carbocycles. The number of esters is 1. The van der Waals surface area contributed by atoms with Crippen molar-refractivity contribution in [1.82, 2.24) is 4.98 Å². The molecule has 1 aromatic heterocycles. The fourth-order valence-corrected chi connectivity index (χ4v) is 3.82. The van der Waals surface area contributed by atoms with Crippen LogP contribution in [0.4, 0.5) is 11.4 Å². The Morgan fingerprint density at radius 1 is 1.13 bits per heavy atom. The van der Waals surface area contributed by atoms with Crippen molar-refractivity contribution in [2.45, 2.75) is 13.8 Å². The summed E-state index contributed by atoms with van der Waals surface area (Å²) in [6.45, 7) is 3.21. The largest absolute Gasteiger partial charge is 0.494 e. The van der Waals surface area contributed by atoms with Gasteiger partial charge in [0.25, 0.3) is 10.1 Å². The fourth-order valence-electron chi connectivity index (χ4n) is 3.05. The number of hydrogen-bond donors (Lipinski definition) is 1. The van der Waals surface area contributed by atoms with Crippen molar-refractivity contribution in [3.8, 4) is 5.75 Å². The number of aryl methyl sites for hydroxylation is 1. The van der Waals surface area contributed by atoms with Crippen molar-refractivity contribution >= 4 is 38.4 Å². The zero-order valence-electron chi connectivity index (χ0n) is 17.5. The molecule has 0 radical (unpaired) electrons. The lowest BCUT2D eigenvalue weighted by Gasteiger charge is -2.16. The van der Waals surface area contributed by atoms with Crippen molar-refractivity contribution in [2.75, 3.05) is 31.4 Å². The molecule has 0 aliphatic heterocycles. The number of benzene rings is 2. The van der Waals surface area contributed by atoms with Crippen LogP contribution in [0.15, 0.2) is 48.7 Å². The lowest BCUT2D eigenvalue weighted by molar-refractivity contribution is 0.0528. The van der Waals surface area contributed by atoms with Crippen LogP contribution in [-0.4, -0.2) is 45.4 Å². The molecule has 1 N–H and O–H groups in total. The first kappa shape index (κ1) is 22.5. The van der Waals surface area contributed by atoms with Gasteiger partial charge < -0.3 is 14.8 Å². The van der Waals surface area contributed by atoms with Gasteiger partial charge in [-0.1, -0.05) is 30.3 Å². The van der Waals surface area contributed by atoms with Crippen LogP contribution in [0.1, 0.15) is 22.8 Å². The Morgan fingerprint density at radius 2 is 1.90 bits per heavy atom. The number of anilines is 2. The second-order valence-corrected chi connectivity index (χ2v) is 8.41. The Morgan fingerprint density at radius 3 is 2.61 bits per heavy atom. The van der Waals surface area contributed by atoms with Crippen LogP contribution in [-0.2, 0) is 19.0 Å². The minimum absolute atomic E-state index is 0.0250. The van der Waals surface area contributed by atoms with Crippen LogP contribution >= 0.6 is 0 Å². The third-order valence-electron chi connectivity index (χ3n) is 4.57. The Labute approximate surface area is 181 Å². The number of hydrogen-bond acceptors (Lipinski definition) is 8. The van der Waals surface area contributed by atoms with Gasteiger partial charge in [0.1, 0.15) is 29.2 Å². The third kappa shape index (κ3) is 5.31. The van der Waals surface area contributed by atoms with Gasteiger partial charge in [0.05, 0.1) is 19.4 Å². The highest BCUT2D eigenvalue weighted by atomic mass is 32.2. The van der Waals surface area contributed by atoms with E-state index in [0.29, 0.717) is 22.3 Å². The van der Waals surface area contributed by atoms with E-state index in [-0.39, 0.29) is 18.8 Å². The van der Waals surface area contributed by atoms with Crippen molar-refractivity contribution in [1.29, 1.82) is 0 Å². The molecule has 164 valence electrons. The number of methoxy groups -OCH3 is 1. The summed E-state index contributed by atoms with van der Waals surface area (Å²) in [4.78, 5) is 17.2. The third-order valence-corrected chi connectivity index (χ3v) is 5.83. The van der Waals surface area contributed by atoms with Crippen molar-refractivity contribution < 1.29 is 26.9 Å². The summed E-state index contributed by atoms with van der Waals surface area (Å²) in [5, 5.41) is 3.97. The Kier molecular flexibility index (Phi) is 7.09. The highest BCUT2D eigenvalue weighted by Crippen LogP contribution is 2.34. The predicted octanol–water partition coefficient (Wildman–Crippen LogP) is 3.82. The summed E-state index contributed by atoms with van der Waals surface area (Å²) in [6, 6.07) is 13.0. The second kappa shape index (κ2) is 9.76. The number of aromatic nitrogens is 1. The highest BCUT2D eigenvalue weighted by Gasteiger charge is 2.20. The first-order valence-corrected chi connectivity index (χ1v) is 11.3. The van der Waals surface area contributed by atoms with E-state index < -0.39 is 21.8 Å². The van der Waals surface area contributed by atoms with E-state index in [1.165, 1.54) is 6.20 Å². The SMILES string of the molecule is CCOS(=O)(=O)CCOC(=O)c1cnc2c(OC)cccc2c1Nc1ccccc1C. The predicted molar refractivity (Wildman–Crippen MR) is 118 cm³/mol. The van der Waals surface area contributed by atoms with Gasteiger partial charge in [0, 0.05) is 17.3 Å². The molecule has 31 heavy (non-hydrogen) atoms. The molecular formula is C22H24N2O6S. The number of pyridine rings is 1. The van der Waals surface area contributed by atoms with Gasteiger partial charge in [-0.3, -0.25) is 9.17 Å². The van der Waals surface area contributed by atoms with Crippen molar-refractivity contribution in [3.05, 3.63) is 59.8 Å². The summed E-state index contributed by atoms with van der Waals surface area (Å²) in [6.07, 6.45) is 1.39. The number of rotatable bonds is 9. The number of nitrogens with zero attached hydrogens (tertiary/aromatic N) is 1. The van der Waals surface area contributed by atoms with Gasteiger partial charge in [-0.25, -0.2) is 4.79 Å².